The van der Waals surface area contributed by atoms with Crippen LogP contribution in [0.1, 0.15) is 57.2 Å². The number of hydrogen-bond acceptors (Lipinski definition) is 2. The molecule has 1 nitrogen and oxygen atoms in total. The summed E-state index contributed by atoms with van der Waals surface area (Å²) in [6.45, 7) is 5.13. The molecule has 1 heterocycles. The summed E-state index contributed by atoms with van der Waals surface area (Å²) >= 11 is 1.92. The molecule has 130 valence electrons. The molecule has 0 aliphatic carbocycles. The molecule has 0 saturated carbocycles. The molecule has 0 unspecified atom stereocenters. The number of hydrogen-bond donors (Lipinski definition) is 0. The molecule has 2 rings (SSSR count). The van der Waals surface area contributed by atoms with Crippen LogP contribution in [0.25, 0.3) is 10.4 Å². The number of aryl methyl sites for hydroxylation is 1. The number of benzene rings is 1. The van der Waals surface area contributed by atoms with Crippen LogP contribution >= 0.6 is 11.3 Å². The van der Waals surface area contributed by atoms with Gasteiger partial charge < -0.3 is 4.74 Å². The van der Waals surface area contributed by atoms with Crippen LogP contribution in [-0.2, 0) is 6.42 Å². The summed E-state index contributed by atoms with van der Waals surface area (Å²) in [5.41, 5.74) is 1.28. The van der Waals surface area contributed by atoms with Crippen molar-refractivity contribution in [3.05, 3.63) is 53.4 Å². The van der Waals surface area contributed by atoms with Crippen LogP contribution in [0.15, 0.2) is 48.6 Å². The van der Waals surface area contributed by atoms with Crippen molar-refractivity contribution in [3.63, 3.8) is 0 Å². The highest BCUT2D eigenvalue weighted by Crippen LogP contribution is 2.30. The summed E-state index contributed by atoms with van der Waals surface area (Å²) in [5, 5.41) is 0. The topological polar surface area (TPSA) is 9.23 Å². The van der Waals surface area contributed by atoms with Crippen LogP contribution < -0.4 is 4.74 Å². The third-order valence-corrected chi connectivity index (χ3v) is 5.26. The minimum Gasteiger partial charge on any atom is -0.490 e. The van der Waals surface area contributed by atoms with Gasteiger partial charge in [-0.15, -0.1) is 11.3 Å². The average Bonchev–Trinajstić information content (AvgIpc) is 3.08. The molecule has 1 aromatic heterocycles. The molecular formula is C22H30OS. The average molecular weight is 343 g/mol. The fourth-order valence-electron chi connectivity index (χ4n) is 2.58. The summed E-state index contributed by atoms with van der Waals surface area (Å²) in [5.74, 6) is 0.943. The third-order valence-electron chi connectivity index (χ3n) is 4.06. The predicted molar refractivity (Wildman–Crippen MR) is 107 cm³/mol. The van der Waals surface area contributed by atoms with E-state index in [1.807, 2.05) is 11.3 Å². The molecule has 0 spiro atoms. The van der Waals surface area contributed by atoms with Gasteiger partial charge in [-0.2, -0.15) is 0 Å². The standard InChI is InChI=1S/C22H30OS/c1-3-5-7-8-10-18-23-20-14-12-19(13-15-20)22-17-16-21(24-22)11-9-6-4-2/h8,10,12-17H,3-7,9,11,18H2,1-2H3. The highest BCUT2D eigenvalue weighted by Gasteiger charge is 2.03. The number of allylic oxidation sites excluding steroid dienone is 1. The fraction of sp³-hybridized carbons (Fsp3) is 0.455. The largest absolute Gasteiger partial charge is 0.490 e. The van der Waals surface area contributed by atoms with Gasteiger partial charge >= 0.3 is 0 Å². The fourth-order valence-corrected chi connectivity index (χ4v) is 3.64. The Morgan fingerprint density at radius 3 is 2.42 bits per heavy atom. The highest BCUT2D eigenvalue weighted by atomic mass is 32.1. The Morgan fingerprint density at radius 2 is 1.67 bits per heavy atom. The zero-order valence-corrected chi connectivity index (χ0v) is 15.9. The van der Waals surface area contributed by atoms with Gasteiger partial charge in [-0.25, -0.2) is 0 Å². The van der Waals surface area contributed by atoms with Crippen LogP contribution in [0.4, 0.5) is 0 Å². The molecule has 0 fully saturated rings. The maximum absolute atomic E-state index is 5.76. The first-order valence-corrected chi connectivity index (χ1v) is 10.1. The third kappa shape index (κ3) is 6.52. The van der Waals surface area contributed by atoms with Crippen molar-refractivity contribution in [1.82, 2.24) is 0 Å². The lowest BCUT2D eigenvalue weighted by Gasteiger charge is -2.04. The van der Waals surface area contributed by atoms with Gasteiger partial charge in [-0.3, -0.25) is 0 Å². The highest BCUT2D eigenvalue weighted by molar-refractivity contribution is 7.15. The van der Waals surface area contributed by atoms with Crippen molar-refractivity contribution in [3.8, 4) is 16.2 Å². The van der Waals surface area contributed by atoms with Gasteiger partial charge in [0.1, 0.15) is 12.4 Å². The normalized spacial score (nSPS) is 11.2. The predicted octanol–water partition coefficient (Wildman–Crippen LogP) is 7.27. The van der Waals surface area contributed by atoms with Gasteiger partial charge in [0.25, 0.3) is 0 Å². The molecule has 0 aliphatic heterocycles. The molecule has 1 aromatic carbocycles. The first-order valence-electron chi connectivity index (χ1n) is 9.30. The Labute approximate surface area is 151 Å². The van der Waals surface area contributed by atoms with Crippen LogP contribution in [0.3, 0.4) is 0 Å². The van der Waals surface area contributed by atoms with Crippen molar-refractivity contribution >= 4 is 11.3 Å². The Hall–Kier alpha value is -1.54. The van der Waals surface area contributed by atoms with Crippen molar-refractivity contribution in [2.45, 2.75) is 58.8 Å². The zero-order valence-electron chi connectivity index (χ0n) is 15.1. The van der Waals surface area contributed by atoms with Crippen molar-refractivity contribution in [1.29, 1.82) is 0 Å². The van der Waals surface area contributed by atoms with E-state index in [0.717, 1.165) is 12.2 Å². The summed E-state index contributed by atoms with van der Waals surface area (Å²) < 4.78 is 5.76. The summed E-state index contributed by atoms with van der Waals surface area (Å²) in [6.07, 6.45) is 13.1. The van der Waals surface area contributed by atoms with Gasteiger partial charge in [0, 0.05) is 9.75 Å². The minimum atomic E-state index is 0.656. The van der Waals surface area contributed by atoms with Crippen LogP contribution in [-0.4, -0.2) is 6.61 Å². The molecule has 2 aromatic rings. The molecule has 0 saturated heterocycles. The van der Waals surface area contributed by atoms with E-state index >= 15 is 0 Å². The Morgan fingerprint density at radius 1 is 0.875 bits per heavy atom. The Kier molecular flexibility index (Phi) is 8.69. The van der Waals surface area contributed by atoms with Gasteiger partial charge in [-0.05, 0) is 61.2 Å². The van der Waals surface area contributed by atoms with Crippen LogP contribution in [0.5, 0.6) is 5.75 Å². The molecule has 0 bridgehead atoms. The lowest BCUT2D eigenvalue weighted by molar-refractivity contribution is 0.362. The van der Waals surface area contributed by atoms with Gasteiger partial charge in [0.05, 0.1) is 0 Å². The molecule has 0 N–H and O–H groups in total. The second-order valence-corrected chi connectivity index (χ2v) is 7.34. The van der Waals surface area contributed by atoms with E-state index in [2.05, 4.69) is 62.4 Å². The Bertz CT molecular complexity index is 595. The van der Waals surface area contributed by atoms with E-state index in [0.29, 0.717) is 6.61 Å². The lowest BCUT2D eigenvalue weighted by atomic mass is 10.1. The van der Waals surface area contributed by atoms with Crippen molar-refractivity contribution in [2.24, 2.45) is 0 Å². The number of unbranched alkanes of at least 4 members (excludes halogenated alkanes) is 4. The second-order valence-electron chi connectivity index (χ2n) is 6.17. The summed E-state index contributed by atoms with van der Waals surface area (Å²) in [4.78, 5) is 2.85. The second kappa shape index (κ2) is 11.1. The number of thiophene rings is 1. The smallest absolute Gasteiger partial charge is 0.119 e. The summed E-state index contributed by atoms with van der Waals surface area (Å²) in [6, 6.07) is 13.0. The molecule has 0 aliphatic rings. The van der Waals surface area contributed by atoms with Crippen LogP contribution in [0.2, 0.25) is 0 Å². The molecule has 2 heteroatoms. The first-order chi connectivity index (χ1) is 11.8. The Balaban J connectivity index is 1.82. The molecular weight excluding hydrogens is 312 g/mol. The van der Waals surface area contributed by atoms with Gasteiger partial charge in [-0.1, -0.05) is 51.7 Å². The van der Waals surface area contributed by atoms with Crippen molar-refractivity contribution < 1.29 is 4.74 Å². The molecule has 0 atom stereocenters. The van der Waals surface area contributed by atoms with Gasteiger partial charge in [0.15, 0.2) is 0 Å². The first kappa shape index (κ1) is 18.8. The molecule has 0 radical (unpaired) electrons. The van der Waals surface area contributed by atoms with E-state index in [1.165, 1.54) is 53.8 Å². The lowest BCUT2D eigenvalue weighted by Crippen LogP contribution is -1.92. The van der Waals surface area contributed by atoms with E-state index in [-0.39, 0.29) is 0 Å². The molecule has 0 amide bonds. The maximum Gasteiger partial charge on any atom is 0.119 e. The van der Waals surface area contributed by atoms with E-state index < -0.39 is 0 Å². The zero-order chi connectivity index (χ0) is 17.0. The quantitative estimate of drug-likeness (QED) is 0.308. The number of ether oxygens (including phenoxy) is 1. The number of rotatable bonds is 11. The molecule has 24 heavy (non-hydrogen) atoms. The maximum atomic E-state index is 5.76. The van der Waals surface area contributed by atoms with Gasteiger partial charge in [0.2, 0.25) is 0 Å². The van der Waals surface area contributed by atoms with E-state index in [1.54, 1.807) is 0 Å². The van der Waals surface area contributed by atoms with Crippen molar-refractivity contribution in [2.75, 3.05) is 6.61 Å². The minimum absolute atomic E-state index is 0.656. The monoisotopic (exact) mass is 342 g/mol. The van der Waals surface area contributed by atoms with E-state index in [4.69, 9.17) is 4.74 Å². The van der Waals surface area contributed by atoms with Crippen LogP contribution in [0, 0.1) is 0 Å². The summed E-state index contributed by atoms with van der Waals surface area (Å²) in [7, 11) is 0. The van der Waals surface area contributed by atoms with E-state index in [9.17, 15) is 0 Å². The SMILES string of the molecule is CCCCC=CCOc1ccc(-c2ccc(CCCCC)s2)cc1.